The summed E-state index contributed by atoms with van der Waals surface area (Å²) in [7, 11) is 0. The van der Waals surface area contributed by atoms with E-state index in [9.17, 15) is 5.11 Å². The molecule has 0 bridgehead atoms. The second-order valence-electron chi connectivity index (χ2n) is 3.83. The van der Waals surface area contributed by atoms with Gasteiger partial charge in [0.2, 0.25) is 0 Å². The molecule has 0 amide bonds. The molecule has 0 aliphatic carbocycles. The van der Waals surface area contributed by atoms with Crippen molar-refractivity contribution in [2.45, 2.75) is 26.3 Å². The first-order valence-corrected chi connectivity index (χ1v) is 4.70. The molecule has 0 spiro atoms. The molecule has 0 heterocycles. The van der Waals surface area contributed by atoms with Crippen LogP contribution in [0.25, 0.3) is 0 Å². The van der Waals surface area contributed by atoms with Crippen LogP contribution in [0.4, 0.5) is 0 Å². The van der Waals surface area contributed by atoms with Crippen LogP contribution in [0.3, 0.4) is 0 Å². The molecule has 1 aromatic carbocycles. The highest BCUT2D eigenvalue weighted by Gasteiger charge is 2.10. The predicted octanol–water partition coefficient (Wildman–Crippen LogP) is 2.67. The van der Waals surface area contributed by atoms with E-state index in [1.54, 1.807) is 6.07 Å². The molecule has 0 aromatic heterocycles. The zero-order valence-electron chi connectivity index (χ0n) is 8.75. The molecule has 3 N–H and O–H groups in total. The zero-order valence-corrected chi connectivity index (χ0v) is 8.75. The highest BCUT2D eigenvalue weighted by Crippen LogP contribution is 2.27. The van der Waals surface area contributed by atoms with Gasteiger partial charge in [-0.15, -0.1) is 6.58 Å². The average molecular weight is 191 g/mol. The van der Waals surface area contributed by atoms with Crippen LogP contribution in [0.1, 0.15) is 30.5 Å². The van der Waals surface area contributed by atoms with Crippen molar-refractivity contribution in [1.82, 2.24) is 0 Å². The fourth-order valence-corrected chi connectivity index (χ4v) is 1.46. The minimum atomic E-state index is -0.160. The zero-order chi connectivity index (χ0) is 10.7. The highest BCUT2D eigenvalue weighted by atomic mass is 16.3. The van der Waals surface area contributed by atoms with Crippen molar-refractivity contribution in [2.75, 3.05) is 0 Å². The number of phenolic OH excluding ortho intramolecular Hbond substituents is 1. The second kappa shape index (κ2) is 4.29. The number of phenols is 1. The van der Waals surface area contributed by atoms with Crippen LogP contribution in [0, 0.1) is 6.92 Å². The molecular weight excluding hydrogens is 174 g/mol. The van der Waals surface area contributed by atoms with E-state index in [0.717, 1.165) is 16.7 Å². The van der Waals surface area contributed by atoms with Crippen molar-refractivity contribution in [3.05, 3.63) is 41.5 Å². The molecule has 0 unspecified atom stereocenters. The van der Waals surface area contributed by atoms with Gasteiger partial charge in [0.25, 0.3) is 0 Å². The first-order chi connectivity index (χ1) is 6.50. The summed E-state index contributed by atoms with van der Waals surface area (Å²) in [5.41, 5.74) is 8.88. The number of aryl methyl sites for hydroxylation is 1. The number of hydrogen-bond donors (Lipinski definition) is 2. The first kappa shape index (κ1) is 10.8. The van der Waals surface area contributed by atoms with Crippen molar-refractivity contribution in [3.8, 4) is 5.75 Å². The maximum atomic E-state index is 9.61. The van der Waals surface area contributed by atoms with Crippen molar-refractivity contribution < 1.29 is 5.11 Å². The van der Waals surface area contributed by atoms with E-state index in [4.69, 9.17) is 5.73 Å². The van der Waals surface area contributed by atoms with Gasteiger partial charge < -0.3 is 10.8 Å². The second-order valence-corrected chi connectivity index (χ2v) is 3.83. The molecule has 1 aromatic rings. The van der Waals surface area contributed by atoms with Gasteiger partial charge in [0.15, 0.2) is 0 Å². The predicted molar refractivity (Wildman–Crippen MR) is 59.2 cm³/mol. The molecule has 1 rings (SSSR count). The van der Waals surface area contributed by atoms with Crippen molar-refractivity contribution in [1.29, 1.82) is 0 Å². The molecule has 0 aliphatic heterocycles. The van der Waals surface area contributed by atoms with Gasteiger partial charge in [-0.05, 0) is 26.3 Å². The lowest BCUT2D eigenvalue weighted by Gasteiger charge is -2.14. The maximum Gasteiger partial charge on any atom is 0.120 e. The molecule has 14 heavy (non-hydrogen) atoms. The largest absolute Gasteiger partial charge is 0.508 e. The summed E-state index contributed by atoms with van der Waals surface area (Å²) < 4.78 is 0. The highest BCUT2D eigenvalue weighted by molar-refractivity contribution is 5.38. The lowest BCUT2D eigenvalue weighted by atomic mass is 9.99. The molecule has 0 fully saturated rings. The van der Waals surface area contributed by atoms with Crippen LogP contribution in [0.15, 0.2) is 30.4 Å². The van der Waals surface area contributed by atoms with Gasteiger partial charge in [-0.3, -0.25) is 0 Å². The van der Waals surface area contributed by atoms with Gasteiger partial charge in [-0.25, -0.2) is 0 Å². The summed E-state index contributed by atoms with van der Waals surface area (Å²) in [6, 6.07) is 5.31. The number of nitrogens with two attached hydrogens (primary N) is 1. The molecule has 0 saturated carbocycles. The van der Waals surface area contributed by atoms with E-state index in [2.05, 4.69) is 6.58 Å². The van der Waals surface area contributed by atoms with Gasteiger partial charge in [0.1, 0.15) is 5.75 Å². The van der Waals surface area contributed by atoms with E-state index in [0.29, 0.717) is 6.42 Å². The van der Waals surface area contributed by atoms with Crippen molar-refractivity contribution >= 4 is 0 Å². The molecule has 76 valence electrons. The van der Waals surface area contributed by atoms with Gasteiger partial charge in [0, 0.05) is 11.6 Å². The van der Waals surface area contributed by atoms with Crippen LogP contribution < -0.4 is 5.73 Å². The Bertz CT molecular complexity index is 344. The van der Waals surface area contributed by atoms with Crippen LogP contribution in [0.2, 0.25) is 0 Å². The molecule has 2 nitrogen and oxygen atoms in total. The third-order valence-corrected chi connectivity index (χ3v) is 2.15. The van der Waals surface area contributed by atoms with Gasteiger partial charge in [-0.2, -0.15) is 0 Å². The third kappa shape index (κ3) is 2.60. The van der Waals surface area contributed by atoms with Gasteiger partial charge >= 0.3 is 0 Å². The lowest BCUT2D eigenvalue weighted by Crippen LogP contribution is -2.10. The third-order valence-electron chi connectivity index (χ3n) is 2.15. The molecule has 0 radical (unpaired) electrons. The van der Waals surface area contributed by atoms with E-state index < -0.39 is 0 Å². The molecule has 0 aliphatic rings. The molecule has 0 saturated heterocycles. The lowest BCUT2D eigenvalue weighted by molar-refractivity contribution is 0.461. The minimum Gasteiger partial charge on any atom is -0.508 e. The van der Waals surface area contributed by atoms with Crippen LogP contribution >= 0.6 is 0 Å². The van der Waals surface area contributed by atoms with E-state index in [1.807, 2.05) is 26.0 Å². The Morgan fingerprint density at radius 2 is 2.21 bits per heavy atom. The quantitative estimate of drug-likeness (QED) is 0.721. The summed E-state index contributed by atoms with van der Waals surface area (Å²) in [5.74, 6) is 0.268. The summed E-state index contributed by atoms with van der Waals surface area (Å²) in [6.45, 7) is 7.73. The number of rotatable bonds is 3. The van der Waals surface area contributed by atoms with Gasteiger partial charge in [-0.1, -0.05) is 23.3 Å². The Morgan fingerprint density at radius 1 is 1.57 bits per heavy atom. The monoisotopic (exact) mass is 191 g/mol. The summed E-state index contributed by atoms with van der Waals surface area (Å²) >= 11 is 0. The van der Waals surface area contributed by atoms with E-state index in [1.165, 1.54) is 0 Å². The number of benzene rings is 1. The Morgan fingerprint density at radius 3 is 2.79 bits per heavy atom. The fourth-order valence-electron chi connectivity index (χ4n) is 1.46. The topological polar surface area (TPSA) is 46.2 Å². The Labute approximate surface area is 85.1 Å². The SMILES string of the molecule is C=C(C)C[C@H](N)c1cc(C)ccc1O. The molecule has 2 heteroatoms. The maximum absolute atomic E-state index is 9.61. The molecular formula is C12H17NO. The summed E-state index contributed by atoms with van der Waals surface area (Å²) in [6.07, 6.45) is 0.705. The number of aromatic hydroxyl groups is 1. The van der Waals surface area contributed by atoms with Crippen LogP contribution in [0.5, 0.6) is 5.75 Å². The van der Waals surface area contributed by atoms with E-state index >= 15 is 0 Å². The van der Waals surface area contributed by atoms with Crippen LogP contribution in [-0.2, 0) is 0 Å². The number of hydrogen-bond acceptors (Lipinski definition) is 2. The fraction of sp³-hybridized carbons (Fsp3) is 0.333. The van der Waals surface area contributed by atoms with E-state index in [-0.39, 0.29) is 11.8 Å². The first-order valence-electron chi connectivity index (χ1n) is 4.70. The Hall–Kier alpha value is -1.28. The van der Waals surface area contributed by atoms with Crippen LogP contribution in [-0.4, -0.2) is 5.11 Å². The normalized spacial score (nSPS) is 12.5. The minimum absolute atomic E-state index is 0.160. The Balaban J connectivity index is 2.93. The summed E-state index contributed by atoms with van der Waals surface area (Å²) in [5, 5.41) is 9.61. The smallest absolute Gasteiger partial charge is 0.120 e. The van der Waals surface area contributed by atoms with Crippen molar-refractivity contribution in [2.24, 2.45) is 5.73 Å². The van der Waals surface area contributed by atoms with Gasteiger partial charge in [0.05, 0.1) is 0 Å². The Kier molecular flexibility index (Phi) is 3.31. The standard InChI is InChI=1S/C12H17NO/c1-8(2)6-11(13)10-7-9(3)4-5-12(10)14/h4-5,7,11,14H,1,6,13H2,2-3H3/t11-/m0/s1. The summed E-state index contributed by atoms with van der Waals surface area (Å²) in [4.78, 5) is 0. The molecule has 1 atom stereocenters. The van der Waals surface area contributed by atoms with Crippen molar-refractivity contribution in [3.63, 3.8) is 0 Å². The average Bonchev–Trinajstić information content (AvgIpc) is 2.08.